The number of thiazole rings is 1. The van der Waals surface area contributed by atoms with Crippen LogP contribution in [0.3, 0.4) is 0 Å². The van der Waals surface area contributed by atoms with Gasteiger partial charge in [0.15, 0.2) is 5.13 Å². The van der Waals surface area contributed by atoms with Gasteiger partial charge in [0, 0.05) is 36.0 Å². The Balaban J connectivity index is 1.32. The lowest BCUT2D eigenvalue weighted by molar-refractivity contribution is -0.117. The predicted octanol–water partition coefficient (Wildman–Crippen LogP) is 3.37. The van der Waals surface area contributed by atoms with Gasteiger partial charge < -0.3 is 10.1 Å². The molecule has 7 heteroatoms. The number of hydrogen-bond donors (Lipinski definition) is 1. The highest BCUT2D eigenvalue weighted by atomic mass is 35.5. The third-order valence-electron chi connectivity index (χ3n) is 4.70. The first-order valence-corrected chi connectivity index (χ1v) is 9.76. The van der Waals surface area contributed by atoms with Gasteiger partial charge in [0.2, 0.25) is 5.91 Å². The van der Waals surface area contributed by atoms with Crippen LogP contribution in [-0.4, -0.2) is 42.1 Å². The normalized spacial score (nSPS) is 23.4. The molecule has 0 radical (unpaired) electrons. The van der Waals surface area contributed by atoms with Crippen molar-refractivity contribution in [3.05, 3.63) is 45.9 Å². The number of ether oxygens (including phenoxy) is 1. The largest absolute Gasteiger partial charge is 0.379 e. The molecule has 1 saturated carbocycles. The van der Waals surface area contributed by atoms with Gasteiger partial charge in [-0.2, -0.15) is 0 Å². The summed E-state index contributed by atoms with van der Waals surface area (Å²) in [4.78, 5) is 19.3. The minimum absolute atomic E-state index is 0.00788. The predicted molar refractivity (Wildman–Crippen MR) is 99.1 cm³/mol. The number of amides is 1. The van der Waals surface area contributed by atoms with E-state index in [0.29, 0.717) is 5.13 Å². The smallest absolute Gasteiger partial charge is 0.229 e. The van der Waals surface area contributed by atoms with Crippen molar-refractivity contribution in [2.24, 2.45) is 5.92 Å². The molecule has 0 spiro atoms. The maximum Gasteiger partial charge on any atom is 0.229 e. The van der Waals surface area contributed by atoms with Crippen molar-refractivity contribution in [3.8, 4) is 0 Å². The summed E-state index contributed by atoms with van der Waals surface area (Å²) in [6.45, 7) is 4.22. The lowest BCUT2D eigenvalue weighted by Crippen LogP contribution is -2.35. The number of nitrogens with one attached hydrogen (secondary N) is 1. The average Bonchev–Trinajstić information content (AvgIpc) is 3.31. The van der Waals surface area contributed by atoms with E-state index in [0.717, 1.165) is 55.5 Å². The summed E-state index contributed by atoms with van der Waals surface area (Å²) in [5.74, 6) is 0.255. The highest BCUT2D eigenvalue weighted by Crippen LogP contribution is 2.50. The SMILES string of the molecule is O=C(Nc1nc(CN2CCOCC2)cs1)C1CC1c1ccccc1Cl. The topological polar surface area (TPSA) is 54.5 Å². The van der Waals surface area contributed by atoms with E-state index in [-0.39, 0.29) is 17.7 Å². The highest BCUT2D eigenvalue weighted by Gasteiger charge is 2.45. The molecular formula is C18H20ClN3O2S. The second-order valence-electron chi connectivity index (χ2n) is 6.49. The molecule has 1 saturated heterocycles. The van der Waals surface area contributed by atoms with Gasteiger partial charge in [0.1, 0.15) is 0 Å². The molecule has 0 bridgehead atoms. The van der Waals surface area contributed by atoms with Crippen LogP contribution >= 0.6 is 22.9 Å². The average molecular weight is 378 g/mol. The Labute approximate surface area is 156 Å². The number of morpholine rings is 1. The summed E-state index contributed by atoms with van der Waals surface area (Å²) >= 11 is 7.71. The molecule has 25 heavy (non-hydrogen) atoms. The third-order valence-corrected chi connectivity index (χ3v) is 5.85. The molecule has 4 rings (SSSR count). The standard InChI is InChI=1S/C18H20ClN3O2S/c19-16-4-2-1-3-13(16)14-9-15(14)17(23)21-18-20-12(11-25-18)10-22-5-7-24-8-6-22/h1-4,11,14-15H,5-10H2,(H,20,21,23). The number of rotatable bonds is 5. The summed E-state index contributed by atoms with van der Waals surface area (Å²) in [6.07, 6.45) is 0.849. The minimum atomic E-state index is -0.00788. The number of halogens is 1. The van der Waals surface area contributed by atoms with Gasteiger partial charge in [0.25, 0.3) is 0 Å². The molecule has 132 valence electrons. The van der Waals surface area contributed by atoms with Crippen molar-refractivity contribution in [1.29, 1.82) is 0 Å². The molecule has 2 fully saturated rings. The lowest BCUT2D eigenvalue weighted by atomic mass is 10.1. The van der Waals surface area contributed by atoms with Gasteiger partial charge >= 0.3 is 0 Å². The first-order valence-electron chi connectivity index (χ1n) is 8.50. The molecule has 1 aromatic carbocycles. The van der Waals surface area contributed by atoms with Crippen molar-refractivity contribution in [2.45, 2.75) is 18.9 Å². The van der Waals surface area contributed by atoms with Crippen molar-refractivity contribution >= 4 is 34.0 Å². The molecule has 5 nitrogen and oxygen atoms in total. The lowest BCUT2D eigenvalue weighted by Gasteiger charge is -2.25. The Morgan fingerprint density at radius 2 is 2.16 bits per heavy atom. The number of anilines is 1. The van der Waals surface area contributed by atoms with Gasteiger partial charge in [0.05, 0.1) is 18.9 Å². The molecule has 1 N–H and O–H groups in total. The molecule has 2 heterocycles. The minimum Gasteiger partial charge on any atom is -0.379 e. The fraction of sp³-hybridized carbons (Fsp3) is 0.444. The molecule has 2 aromatic rings. The summed E-state index contributed by atoms with van der Waals surface area (Å²) in [5.41, 5.74) is 2.07. The zero-order chi connectivity index (χ0) is 17.2. The van der Waals surface area contributed by atoms with E-state index in [1.54, 1.807) is 0 Å². The zero-order valence-corrected chi connectivity index (χ0v) is 15.4. The van der Waals surface area contributed by atoms with E-state index in [9.17, 15) is 4.79 Å². The summed E-state index contributed by atoms with van der Waals surface area (Å²) in [5, 5.41) is 6.40. The molecule has 1 aromatic heterocycles. The summed E-state index contributed by atoms with van der Waals surface area (Å²) in [7, 11) is 0. The van der Waals surface area contributed by atoms with Gasteiger partial charge in [-0.05, 0) is 24.0 Å². The molecule has 2 aliphatic rings. The Kier molecular flexibility index (Phi) is 5.03. The monoisotopic (exact) mass is 377 g/mol. The van der Waals surface area contributed by atoms with Crippen LogP contribution in [0.4, 0.5) is 5.13 Å². The Hall–Kier alpha value is -1.47. The number of hydrogen-bond acceptors (Lipinski definition) is 5. The summed E-state index contributed by atoms with van der Waals surface area (Å²) < 4.78 is 5.36. The van der Waals surface area contributed by atoms with Crippen LogP contribution in [0.25, 0.3) is 0 Å². The van der Waals surface area contributed by atoms with Crippen molar-refractivity contribution in [1.82, 2.24) is 9.88 Å². The van der Waals surface area contributed by atoms with Gasteiger partial charge in [-0.1, -0.05) is 29.8 Å². The fourth-order valence-corrected chi connectivity index (χ4v) is 4.21. The van der Waals surface area contributed by atoms with E-state index in [4.69, 9.17) is 16.3 Å². The second kappa shape index (κ2) is 7.41. The summed E-state index contributed by atoms with van der Waals surface area (Å²) in [6, 6.07) is 7.76. The number of aromatic nitrogens is 1. The van der Waals surface area contributed by atoms with Gasteiger partial charge in [-0.3, -0.25) is 9.69 Å². The third kappa shape index (κ3) is 4.03. The first kappa shape index (κ1) is 17.0. The second-order valence-corrected chi connectivity index (χ2v) is 7.76. The highest BCUT2D eigenvalue weighted by molar-refractivity contribution is 7.13. The van der Waals surface area contributed by atoms with Crippen LogP contribution in [-0.2, 0) is 16.1 Å². The van der Waals surface area contributed by atoms with Crippen molar-refractivity contribution < 1.29 is 9.53 Å². The van der Waals surface area contributed by atoms with Crippen molar-refractivity contribution in [2.75, 3.05) is 31.6 Å². The molecule has 1 aliphatic carbocycles. The van der Waals surface area contributed by atoms with Crippen LogP contribution < -0.4 is 5.32 Å². The van der Waals surface area contributed by atoms with E-state index in [2.05, 4.69) is 15.2 Å². The van der Waals surface area contributed by atoms with Crippen LogP contribution in [0, 0.1) is 5.92 Å². The molecule has 1 aliphatic heterocycles. The van der Waals surface area contributed by atoms with E-state index >= 15 is 0 Å². The molecule has 2 atom stereocenters. The molecule has 2 unspecified atom stereocenters. The number of benzene rings is 1. The van der Waals surface area contributed by atoms with Crippen LogP contribution in [0.5, 0.6) is 0 Å². The number of carbonyl (C=O) groups excluding carboxylic acids is 1. The van der Waals surface area contributed by atoms with E-state index in [1.807, 2.05) is 29.6 Å². The first-order chi connectivity index (χ1) is 12.2. The van der Waals surface area contributed by atoms with E-state index < -0.39 is 0 Å². The molecule has 1 amide bonds. The number of nitrogens with zero attached hydrogens (tertiary/aromatic N) is 2. The van der Waals surface area contributed by atoms with Gasteiger partial charge in [-0.25, -0.2) is 4.98 Å². The van der Waals surface area contributed by atoms with Crippen LogP contribution in [0.1, 0.15) is 23.6 Å². The Morgan fingerprint density at radius 3 is 2.96 bits per heavy atom. The quantitative estimate of drug-likeness (QED) is 0.867. The Bertz CT molecular complexity index is 760. The Morgan fingerprint density at radius 1 is 1.36 bits per heavy atom. The van der Waals surface area contributed by atoms with Gasteiger partial charge in [-0.15, -0.1) is 11.3 Å². The van der Waals surface area contributed by atoms with Crippen molar-refractivity contribution in [3.63, 3.8) is 0 Å². The zero-order valence-electron chi connectivity index (χ0n) is 13.8. The van der Waals surface area contributed by atoms with Crippen LogP contribution in [0.15, 0.2) is 29.6 Å². The molecular weight excluding hydrogens is 358 g/mol. The maximum atomic E-state index is 12.5. The number of carbonyl (C=O) groups is 1. The maximum absolute atomic E-state index is 12.5. The van der Waals surface area contributed by atoms with Crippen LogP contribution in [0.2, 0.25) is 5.02 Å². The fourth-order valence-electron chi connectivity index (χ4n) is 3.23. The van der Waals surface area contributed by atoms with E-state index in [1.165, 1.54) is 11.3 Å².